The standard InChI is InChI=1S/C10H17N5O4S/c1-7(2)20(18,19)12-10(17)8-5-15(13-11-8)6-9(16)14(3)4/h5,7H,6H2,1-4H3,(H,12,17). The molecular formula is C10H17N5O4S. The van der Waals surface area contributed by atoms with Gasteiger partial charge in [-0.1, -0.05) is 5.21 Å². The van der Waals surface area contributed by atoms with Gasteiger partial charge in [-0.15, -0.1) is 5.10 Å². The van der Waals surface area contributed by atoms with Crippen LogP contribution in [0.2, 0.25) is 0 Å². The first-order valence-corrected chi connectivity index (χ1v) is 7.34. The van der Waals surface area contributed by atoms with Gasteiger partial charge in [-0.3, -0.25) is 9.59 Å². The zero-order chi connectivity index (χ0) is 15.5. The number of nitrogens with one attached hydrogen (secondary N) is 1. The Kier molecular flexibility index (Phi) is 4.82. The summed E-state index contributed by atoms with van der Waals surface area (Å²) in [6.07, 6.45) is 1.21. The predicted octanol–water partition coefficient (Wildman–Crippen LogP) is -1.17. The van der Waals surface area contributed by atoms with E-state index < -0.39 is 21.2 Å². The number of carbonyl (C=O) groups excluding carboxylic acids is 2. The van der Waals surface area contributed by atoms with E-state index >= 15 is 0 Å². The molecule has 1 aromatic heterocycles. The van der Waals surface area contributed by atoms with Gasteiger partial charge in [0, 0.05) is 14.1 Å². The minimum absolute atomic E-state index is 0.0792. The molecule has 0 radical (unpaired) electrons. The van der Waals surface area contributed by atoms with Gasteiger partial charge in [0.25, 0.3) is 5.91 Å². The summed E-state index contributed by atoms with van der Waals surface area (Å²) in [4.78, 5) is 24.5. The molecule has 112 valence electrons. The Labute approximate surface area is 117 Å². The summed E-state index contributed by atoms with van der Waals surface area (Å²) >= 11 is 0. The van der Waals surface area contributed by atoms with E-state index in [1.54, 1.807) is 14.1 Å². The Morgan fingerprint density at radius 1 is 1.40 bits per heavy atom. The molecule has 1 N–H and O–H groups in total. The molecule has 0 aliphatic rings. The maximum atomic E-state index is 11.7. The zero-order valence-electron chi connectivity index (χ0n) is 11.7. The number of aromatic nitrogens is 3. The van der Waals surface area contributed by atoms with E-state index in [9.17, 15) is 18.0 Å². The smallest absolute Gasteiger partial charge is 0.286 e. The van der Waals surface area contributed by atoms with Crippen LogP contribution in [0.15, 0.2) is 6.20 Å². The van der Waals surface area contributed by atoms with Crippen molar-refractivity contribution in [2.45, 2.75) is 25.6 Å². The van der Waals surface area contributed by atoms with Gasteiger partial charge in [0.15, 0.2) is 5.69 Å². The van der Waals surface area contributed by atoms with Crippen molar-refractivity contribution in [2.75, 3.05) is 14.1 Å². The molecule has 0 saturated heterocycles. The first kappa shape index (κ1) is 16.1. The SMILES string of the molecule is CC(C)S(=O)(=O)NC(=O)c1cn(CC(=O)N(C)C)nn1. The number of likely N-dealkylation sites (N-methyl/N-ethyl adjacent to an activating group) is 1. The highest BCUT2D eigenvalue weighted by Gasteiger charge is 2.22. The normalized spacial score (nSPS) is 11.4. The lowest BCUT2D eigenvalue weighted by Gasteiger charge is -2.09. The third-order valence-corrected chi connectivity index (χ3v) is 4.13. The van der Waals surface area contributed by atoms with Crippen LogP contribution >= 0.6 is 0 Å². The molecule has 0 aliphatic heterocycles. The highest BCUT2D eigenvalue weighted by molar-refractivity contribution is 7.90. The molecule has 20 heavy (non-hydrogen) atoms. The summed E-state index contributed by atoms with van der Waals surface area (Å²) < 4.78 is 26.1. The van der Waals surface area contributed by atoms with E-state index in [-0.39, 0.29) is 18.1 Å². The zero-order valence-corrected chi connectivity index (χ0v) is 12.5. The van der Waals surface area contributed by atoms with E-state index in [4.69, 9.17) is 0 Å². The van der Waals surface area contributed by atoms with Gasteiger partial charge in [-0.2, -0.15) is 0 Å². The van der Waals surface area contributed by atoms with E-state index in [1.807, 2.05) is 4.72 Å². The summed E-state index contributed by atoms with van der Waals surface area (Å²) in [5, 5.41) is 6.40. The van der Waals surface area contributed by atoms with Crippen molar-refractivity contribution < 1.29 is 18.0 Å². The second-order valence-electron chi connectivity index (χ2n) is 4.61. The molecule has 2 amide bonds. The second kappa shape index (κ2) is 5.99. The van der Waals surface area contributed by atoms with Crippen molar-refractivity contribution in [3.05, 3.63) is 11.9 Å². The van der Waals surface area contributed by atoms with Crippen molar-refractivity contribution >= 4 is 21.8 Å². The molecular weight excluding hydrogens is 286 g/mol. The van der Waals surface area contributed by atoms with E-state index in [0.717, 1.165) is 0 Å². The van der Waals surface area contributed by atoms with Crippen LogP contribution in [-0.4, -0.2) is 59.5 Å². The van der Waals surface area contributed by atoms with Crippen molar-refractivity contribution in [3.8, 4) is 0 Å². The van der Waals surface area contributed by atoms with Gasteiger partial charge in [0.1, 0.15) is 6.54 Å². The fourth-order valence-corrected chi connectivity index (χ4v) is 1.66. The Morgan fingerprint density at radius 2 is 2.00 bits per heavy atom. The number of hydrogen-bond acceptors (Lipinski definition) is 6. The van der Waals surface area contributed by atoms with Crippen LogP contribution in [-0.2, 0) is 21.4 Å². The first-order chi connectivity index (χ1) is 9.13. The Hall–Kier alpha value is -1.97. The lowest BCUT2D eigenvalue weighted by atomic mass is 10.4. The number of hydrogen-bond donors (Lipinski definition) is 1. The third-order valence-electron chi connectivity index (χ3n) is 2.42. The third kappa shape index (κ3) is 4.02. The molecule has 0 saturated carbocycles. The molecule has 1 rings (SSSR count). The van der Waals surface area contributed by atoms with Crippen molar-refractivity contribution in [1.82, 2.24) is 24.6 Å². The van der Waals surface area contributed by atoms with Crippen molar-refractivity contribution in [2.24, 2.45) is 0 Å². The van der Waals surface area contributed by atoms with Gasteiger partial charge in [0.2, 0.25) is 15.9 Å². The highest BCUT2D eigenvalue weighted by Crippen LogP contribution is 2.00. The van der Waals surface area contributed by atoms with Gasteiger partial charge >= 0.3 is 0 Å². The van der Waals surface area contributed by atoms with Gasteiger partial charge in [-0.05, 0) is 13.8 Å². The Bertz CT molecular complexity index is 605. The molecule has 0 spiro atoms. The fourth-order valence-electron chi connectivity index (χ4n) is 1.06. The van der Waals surface area contributed by atoms with Crippen LogP contribution < -0.4 is 4.72 Å². The molecule has 0 unspecified atom stereocenters. The van der Waals surface area contributed by atoms with E-state index in [2.05, 4.69) is 10.3 Å². The molecule has 1 aromatic rings. The summed E-state index contributed by atoms with van der Waals surface area (Å²) in [7, 11) is -0.554. The average Bonchev–Trinajstić information content (AvgIpc) is 2.76. The molecule has 9 nitrogen and oxygen atoms in total. The number of sulfonamides is 1. The topological polar surface area (TPSA) is 114 Å². The Balaban J connectivity index is 2.77. The highest BCUT2D eigenvalue weighted by atomic mass is 32.2. The largest absolute Gasteiger partial charge is 0.347 e. The fraction of sp³-hybridized carbons (Fsp3) is 0.600. The second-order valence-corrected chi connectivity index (χ2v) is 6.85. The summed E-state index contributed by atoms with van der Waals surface area (Å²) in [6.45, 7) is 2.81. The van der Waals surface area contributed by atoms with Crippen LogP contribution in [0.4, 0.5) is 0 Å². The lowest BCUT2D eigenvalue weighted by molar-refractivity contribution is -0.129. The number of nitrogens with zero attached hydrogens (tertiary/aromatic N) is 4. The molecule has 0 aromatic carbocycles. The molecule has 0 aliphatic carbocycles. The molecule has 10 heteroatoms. The first-order valence-electron chi connectivity index (χ1n) is 5.79. The monoisotopic (exact) mass is 303 g/mol. The lowest BCUT2D eigenvalue weighted by Crippen LogP contribution is -2.36. The molecule has 1 heterocycles. The van der Waals surface area contributed by atoms with E-state index in [0.29, 0.717) is 0 Å². The van der Waals surface area contributed by atoms with Crippen LogP contribution in [0, 0.1) is 0 Å². The number of carbonyl (C=O) groups is 2. The predicted molar refractivity (Wildman–Crippen MR) is 70.2 cm³/mol. The minimum Gasteiger partial charge on any atom is -0.347 e. The van der Waals surface area contributed by atoms with Gasteiger partial charge < -0.3 is 4.90 Å². The van der Waals surface area contributed by atoms with Crippen LogP contribution in [0.1, 0.15) is 24.3 Å². The number of amides is 2. The quantitative estimate of drug-likeness (QED) is 0.733. The van der Waals surface area contributed by atoms with Crippen molar-refractivity contribution in [3.63, 3.8) is 0 Å². The van der Waals surface area contributed by atoms with Crippen LogP contribution in [0.25, 0.3) is 0 Å². The summed E-state index contributed by atoms with van der Waals surface area (Å²) in [5.41, 5.74) is -0.166. The van der Waals surface area contributed by atoms with Crippen LogP contribution in [0.5, 0.6) is 0 Å². The molecule has 0 fully saturated rings. The molecule has 0 bridgehead atoms. The Morgan fingerprint density at radius 3 is 2.50 bits per heavy atom. The minimum atomic E-state index is -3.72. The number of rotatable bonds is 5. The maximum absolute atomic E-state index is 11.7. The summed E-state index contributed by atoms with van der Waals surface area (Å²) in [5.74, 6) is -1.10. The maximum Gasteiger partial charge on any atom is 0.286 e. The average molecular weight is 303 g/mol. The van der Waals surface area contributed by atoms with E-state index in [1.165, 1.54) is 29.6 Å². The van der Waals surface area contributed by atoms with Crippen molar-refractivity contribution in [1.29, 1.82) is 0 Å². The summed E-state index contributed by atoms with van der Waals surface area (Å²) in [6, 6.07) is 0. The van der Waals surface area contributed by atoms with Gasteiger partial charge in [-0.25, -0.2) is 17.8 Å². The van der Waals surface area contributed by atoms with Gasteiger partial charge in [0.05, 0.1) is 11.4 Å². The van der Waals surface area contributed by atoms with Crippen LogP contribution in [0.3, 0.4) is 0 Å². The molecule has 0 atom stereocenters.